The maximum atomic E-state index is 14.5. The second-order valence-corrected chi connectivity index (χ2v) is 8.03. The Morgan fingerprint density at radius 3 is 2.58 bits per heavy atom. The number of methoxy groups -OCH3 is 1. The molecule has 6 nitrogen and oxygen atoms in total. The minimum absolute atomic E-state index is 0.0370. The average molecular weight is 456 g/mol. The lowest BCUT2D eigenvalue weighted by Gasteiger charge is -2.23. The van der Waals surface area contributed by atoms with Crippen molar-refractivity contribution >= 4 is 5.91 Å². The molecule has 3 aromatic rings. The number of aromatic nitrogens is 2. The minimum Gasteiger partial charge on any atom is -0.435 e. The van der Waals surface area contributed by atoms with Crippen molar-refractivity contribution in [2.45, 2.75) is 32.7 Å². The van der Waals surface area contributed by atoms with Gasteiger partial charge in [-0.1, -0.05) is 25.1 Å². The Bertz CT molecular complexity index is 1110. The Balaban J connectivity index is 1.78. The van der Waals surface area contributed by atoms with Gasteiger partial charge >= 0.3 is 0 Å². The lowest BCUT2D eigenvalue weighted by atomic mass is 10.1. The molecule has 1 saturated carbocycles. The zero-order valence-corrected chi connectivity index (χ0v) is 18.8. The summed E-state index contributed by atoms with van der Waals surface area (Å²) in [6.07, 6.45) is 2.36. The molecule has 174 valence electrons. The van der Waals surface area contributed by atoms with Crippen LogP contribution in [0.5, 0.6) is 11.6 Å². The molecule has 0 saturated heterocycles. The first kappa shape index (κ1) is 22.9. The van der Waals surface area contributed by atoms with Crippen molar-refractivity contribution in [2.75, 3.05) is 20.3 Å². The van der Waals surface area contributed by atoms with E-state index in [0.29, 0.717) is 31.0 Å². The van der Waals surface area contributed by atoms with Gasteiger partial charge in [-0.25, -0.2) is 13.5 Å². The molecule has 0 radical (unpaired) electrons. The summed E-state index contributed by atoms with van der Waals surface area (Å²) in [6.45, 7) is 3.05. The third-order valence-corrected chi connectivity index (χ3v) is 5.61. The van der Waals surface area contributed by atoms with E-state index < -0.39 is 11.6 Å². The van der Waals surface area contributed by atoms with Crippen molar-refractivity contribution in [1.82, 2.24) is 14.7 Å². The van der Waals surface area contributed by atoms with E-state index in [0.717, 1.165) is 36.4 Å². The second-order valence-electron chi connectivity index (χ2n) is 8.03. The quantitative estimate of drug-likeness (QED) is 0.437. The van der Waals surface area contributed by atoms with Crippen LogP contribution < -0.4 is 4.74 Å². The number of benzene rings is 2. The Kier molecular flexibility index (Phi) is 7.03. The number of amides is 1. The van der Waals surface area contributed by atoms with Crippen molar-refractivity contribution in [3.8, 4) is 17.3 Å². The number of halogens is 2. The van der Waals surface area contributed by atoms with Gasteiger partial charge < -0.3 is 14.4 Å². The summed E-state index contributed by atoms with van der Waals surface area (Å²) in [5.41, 5.74) is 2.16. The highest BCUT2D eigenvalue weighted by Crippen LogP contribution is 2.35. The summed E-state index contributed by atoms with van der Waals surface area (Å²) in [5, 5.41) is 4.72. The second kappa shape index (κ2) is 10.1. The fourth-order valence-electron chi connectivity index (χ4n) is 3.68. The molecule has 1 aliphatic rings. The zero-order valence-electron chi connectivity index (χ0n) is 18.8. The van der Waals surface area contributed by atoms with Crippen molar-refractivity contribution in [2.24, 2.45) is 5.92 Å². The standard InChI is InChI=1S/C25H27F2N3O3/c1-3-22-20(16-29(13-14-32-2)24(31)17-9-10-17)25(30(28-22)19-7-5-4-6-8-19)33-23-12-11-18(26)15-21(23)27/h4-8,11-12,15,17H,3,9-10,13-14,16H2,1-2H3. The summed E-state index contributed by atoms with van der Waals surface area (Å²) < 4.78 is 40.8. The van der Waals surface area contributed by atoms with E-state index in [4.69, 9.17) is 14.6 Å². The van der Waals surface area contributed by atoms with E-state index >= 15 is 0 Å². The van der Waals surface area contributed by atoms with Gasteiger partial charge in [0, 0.05) is 25.6 Å². The molecule has 1 aliphatic carbocycles. The fourth-order valence-corrected chi connectivity index (χ4v) is 3.68. The number of nitrogens with zero attached hydrogens (tertiary/aromatic N) is 3. The molecule has 1 heterocycles. The molecule has 1 aromatic heterocycles. The molecule has 8 heteroatoms. The first-order valence-electron chi connectivity index (χ1n) is 11.1. The van der Waals surface area contributed by atoms with E-state index in [-0.39, 0.29) is 24.1 Å². The smallest absolute Gasteiger partial charge is 0.228 e. The van der Waals surface area contributed by atoms with Crippen LogP contribution in [0.2, 0.25) is 0 Å². The zero-order chi connectivity index (χ0) is 23.4. The van der Waals surface area contributed by atoms with Crippen LogP contribution in [-0.4, -0.2) is 40.8 Å². The summed E-state index contributed by atoms with van der Waals surface area (Å²) in [5.74, 6) is -1.21. The molecule has 0 spiro atoms. The van der Waals surface area contributed by atoms with Crippen LogP contribution in [0.3, 0.4) is 0 Å². The predicted molar refractivity (Wildman–Crippen MR) is 119 cm³/mol. The highest BCUT2D eigenvalue weighted by atomic mass is 19.1. The van der Waals surface area contributed by atoms with Gasteiger partial charge in [0.05, 0.1) is 30.1 Å². The normalized spacial score (nSPS) is 13.2. The summed E-state index contributed by atoms with van der Waals surface area (Å²) >= 11 is 0. The fraction of sp³-hybridized carbons (Fsp3) is 0.360. The molecular formula is C25H27F2N3O3. The number of aryl methyl sites for hydroxylation is 1. The SMILES string of the molecule is CCc1nn(-c2ccccc2)c(Oc2ccc(F)cc2F)c1CN(CCOC)C(=O)C1CC1. The first-order valence-corrected chi connectivity index (χ1v) is 11.1. The van der Waals surface area contributed by atoms with E-state index in [1.165, 1.54) is 6.07 Å². The van der Waals surface area contributed by atoms with E-state index in [9.17, 15) is 13.6 Å². The number of carbonyl (C=O) groups is 1. The predicted octanol–water partition coefficient (Wildman–Crippen LogP) is 4.89. The van der Waals surface area contributed by atoms with Crippen molar-refractivity contribution in [3.05, 3.63) is 71.4 Å². The molecule has 0 aliphatic heterocycles. The third kappa shape index (κ3) is 5.22. The van der Waals surface area contributed by atoms with Crippen molar-refractivity contribution < 1.29 is 23.0 Å². The summed E-state index contributed by atoms with van der Waals surface area (Å²) in [7, 11) is 1.59. The molecule has 0 bridgehead atoms. The van der Waals surface area contributed by atoms with E-state index in [1.54, 1.807) is 16.7 Å². The highest BCUT2D eigenvalue weighted by molar-refractivity contribution is 5.81. The number of para-hydroxylation sites is 1. The molecule has 0 N–H and O–H groups in total. The lowest BCUT2D eigenvalue weighted by molar-refractivity contribution is -0.133. The van der Waals surface area contributed by atoms with Gasteiger partial charge in [-0.05, 0) is 43.5 Å². The van der Waals surface area contributed by atoms with Gasteiger partial charge in [-0.15, -0.1) is 0 Å². The van der Waals surface area contributed by atoms with Crippen LogP contribution in [0, 0.1) is 17.6 Å². The molecule has 0 atom stereocenters. The molecule has 1 amide bonds. The summed E-state index contributed by atoms with van der Waals surface area (Å²) in [4.78, 5) is 14.7. The largest absolute Gasteiger partial charge is 0.435 e. The Hall–Kier alpha value is -3.26. The molecule has 0 unspecified atom stereocenters. The lowest BCUT2D eigenvalue weighted by Crippen LogP contribution is -2.34. The van der Waals surface area contributed by atoms with Crippen LogP contribution in [0.1, 0.15) is 31.0 Å². The van der Waals surface area contributed by atoms with Gasteiger partial charge in [0.25, 0.3) is 0 Å². The third-order valence-electron chi connectivity index (χ3n) is 5.61. The van der Waals surface area contributed by atoms with Gasteiger partial charge in [-0.2, -0.15) is 5.10 Å². The molecule has 33 heavy (non-hydrogen) atoms. The number of rotatable bonds is 10. The number of carbonyl (C=O) groups excluding carboxylic acids is 1. The Morgan fingerprint density at radius 1 is 1.18 bits per heavy atom. The van der Waals surface area contributed by atoms with Crippen LogP contribution in [0.4, 0.5) is 8.78 Å². The molecule has 4 rings (SSSR count). The summed E-state index contributed by atoms with van der Waals surface area (Å²) in [6, 6.07) is 12.5. The van der Waals surface area contributed by atoms with Gasteiger partial charge in [-0.3, -0.25) is 4.79 Å². The van der Waals surface area contributed by atoms with Gasteiger partial charge in [0.2, 0.25) is 11.8 Å². The van der Waals surface area contributed by atoms with Crippen LogP contribution in [0.25, 0.3) is 5.69 Å². The van der Waals surface area contributed by atoms with Crippen molar-refractivity contribution in [1.29, 1.82) is 0 Å². The highest BCUT2D eigenvalue weighted by Gasteiger charge is 2.34. The Morgan fingerprint density at radius 2 is 1.94 bits per heavy atom. The Labute approximate surface area is 191 Å². The van der Waals surface area contributed by atoms with Gasteiger partial charge in [0.15, 0.2) is 11.6 Å². The van der Waals surface area contributed by atoms with Gasteiger partial charge in [0.1, 0.15) is 5.82 Å². The number of ether oxygens (including phenoxy) is 2. The number of hydrogen-bond donors (Lipinski definition) is 0. The monoisotopic (exact) mass is 455 g/mol. The first-order chi connectivity index (χ1) is 16.0. The molecule has 1 fully saturated rings. The maximum absolute atomic E-state index is 14.5. The van der Waals surface area contributed by atoms with Crippen LogP contribution in [-0.2, 0) is 22.5 Å². The van der Waals surface area contributed by atoms with E-state index in [2.05, 4.69) is 0 Å². The minimum atomic E-state index is -0.815. The molecular weight excluding hydrogens is 428 g/mol. The van der Waals surface area contributed by atoms with Crippen LogP contribution >= 0.6 is 0 Å². The number of hydrogen-bond acceptors (Lipinski definition) is 4. The van der Waals surface area contributed by atoms with Crippen molar-refractivity contribution in [3.63, 3.8) is 0 Å². The topological polar surface area (TPSA) is 56.6 Å². The van der Waals surface area contributed by atoms with E-state index in [1.807, 2.05) is 37.3 Å². The maximum Gasteiger partial charge on any atom is 0.228 e. The molecule has 2 aromatic carbocycles. The average Bonchev–Trinajstić information content (AvgIpc) is 3.61. The van der Waals surface area contributed by atoms with Crippen LogP contribution in [0.15, 0.2) is 48.5 Å².